The highest BCUT2D eigenvalue weighted by Crippen LogP contribution is 1.96. The van der Waals surface area contributed by atoms with Crippen molar-refractivity contribution in [2.45, 2.75) is 13.0 Å². The molecule has 3 nitrogen and oxygen atoms in total. The Morgan fingerprint density at radius 3 is 2.25 bits per heavy atom. The molecule has 1 N–H and O–H groups in total. The molecule has 0 saturated carbocycles. The Kier molecular flexibility index (Phi) is 2.86. The van der Waals surface area contributed by atoms with Gasteiger partial charge in [-0.2, -0.15) is 0 Å². The molecule has 0 aromatic carbocycles. The van der Waals surface area contributed by atoms with Crippen LogP contribution >= 0.6 is 12.8 Å². The molecule has 0 saturated heterocycles. The summed E-state index contributed by atoms with van der Waals surface area (Å²) in [4.78, 5) is 10.1. The predicted octanol–water partition coefficient (Wildman–Crippen LogP) is 0.236. The summed E-state index contributed by atoms with van der Waals surface area (Å²) in [6, 6.07) is -0.515. The zero-order valence-corrected chi connectivity index (χ0v) is 5.72. The molecule has 0 rings (SSSR count). The molecule has 0 fully saturated rings. The number of rotatable bonds is 2. The van der Waals surface area contributed by atoms with Gasteiger partial charge in [-0.3, -0.25) is 4.79 Å². The lowest BCUT2D eigenvalue weighted by Crippen LogP contribution is -2.28. The number of hydrogen-bond acceptors (Lipinski definition) is 3. The number of hydrogen-bond donors (Lipinski definition) is 2. The third kappa shape index (κ3) is 2.18. The van der Waals surface area contributed by atoms with E-state index in [0.717, 1.165) is 0 Å². The first-order chi connectivity index (χ1) is 3.55. The molecule has 0 bridgehead atoms. The van der Waals surface area contributed by atoms with E-state index in [9.17, 15) is 4.79 Å². The van der Waals surface area contributed by atoms with Gasteiger partial charge in [-0.05, 0) is 14.0 Å². The van der Waals surface area contributed by atoms with E-state index in [1.165, 1.54) is 4.31 Å². The fraction of sp³-hybridized carbons (Fsp3) is 0.750. The minimum absolute atomic E-state index is 0.515. The monoisotopic (exact) mass is 135 g/mol. The van der Waals surface area contributed by atoms with Gasteiger partial charge in [-0.25, -0.2) is 4.31 Å². The van der Waals surface area contributed by atoms with E-state index in [2.05, 4.69) is 12.8 Å². The molecule has 1 atom stereocenters. The number of carboxylic acids is 1. The number of aliphatic carboxylic acids is 1. The highest BCUT2D eigenvalue weighted by molar-refractivity contribution is 7.77. The van der Waals surface area contributed by atoms with E-state index in [1.807, 2.05) is 0 Å². The van der Waals surface area contributed by atoms with E-state index in [0.29, 0.717) is 0 Å². The number of carboxylic acid groups (broad SMARTS) is 1. The summed E-state index contributed by atoms with van der Waals surface area (Å²) < 4.78 is 1.34. The molecular weight excluding hydrogens is 126 g/mol. The second-order valence-electron chi connectivity index (χ2n) is 1.59. The summed E-state index contributed by atoms with van der Waals surface area (Å²) in [5.74, 6) is -0.859. The van der Waals surface area contributed by atoms with Crippen LogP contribution < -0.4 is 0 Å². The lowest BCUT2D eigenvalue weighted by Gasteiger charge is -2.11. The molecule has 0 amide bonds. The van der Waals surface area contributed by atoms with Crippen molar-refractivity contribution >= 4 is 18.8 Å². The highest BCUT2D eigenvalue weighted by Gasteiger charge is 2.12. The third-order valence-electron chi connectivity index (χ3n) is 0.918. The van der Waals surface area contributed by atoms with Crippen molar-refractivity contribution in [3.63, 3.8) is 0 Å². The fourth-order valence-corrected chi connectivity index (χ4v) is 0.259. The van der Waals surface area contributed by atoms with Crippen LogP contribution in [0.5, 0.6) is 0 Å². The van der Waals surface area contributed by atoms with Crippen molar-refractivity contribution in [3.05, 3.63) is 0 Å². The van der Waals surface area contributed by atoms with Crippen LogP contribution in [0.1, 0.15) is 6.92 Å². The largest absolute Gasteiger partial charge is 0.480 e. The van der Waals surface area contributed by atoms with Crippen LogP contribution in [0, 0.1) is 0 Å². The van der Waals surface area contributed by atoms with Crippen molar-refractivity contribution in [3.8, 4) is 0 Å². The lowest BCUT2D eigenvalue weighted by molar-refractivity contribution is -0.140. The number of nitrogens with zero attached hydrogens (tertiary/aromatic N) is 1. The Balaban J connectivity index is 3.64. The standard InChI is InChI=1S/C4H9NO2S/c1-3(4(6)7)5(2)8/h3,8H,1-2H3,(H,6,7)/t3-/m0/s1. The maximum absolute atomic E-state index is 10.1. The van der Waals surface area contributed by atoms with Gasteiger partial charge in [0.05, 0.1) is 0 Å². The number of likely N-dealkylation sites (N-methyl/N-ethyl adjacent to an activating group) is 1. The molecule has 48 valence electrons. The average Bonchev–Trinajstić information content (AvgIpc) is 1.64. The van der Waals surface area contributed by atoms with Gasteiger partial charge in [0.1, 0.15) is 6.04 Å². The molecule has 0 unspecified atom stereocenters. The molecule has 0 heterocycles. The first-order valence-electron chi connectivity index (χ1n) is 2.20. The van der Waals surface area contributed by atoms with Gasteiger partial charge in [0, 0.05) is 0 Å². The second-order valence-corrected chi connectivity index (χ2v) is 2.22. The SMILES string of the molecule is C[C@@H](C(=O)O)N(C)S. The summed E-state index contributed by atoms with van der Waals surface area (Å²) in [5.41, 5.74) is 0. The van der Waals surface area contributed by atoms with Gasteiger partial charge in [-0.15, -0.1) is 0 Å². The Hall–Kier alpha value is -0.220. The van der Waals surface area contributed by atoms with E-state index in [4.69, 9.17) is 5.11 Å². The number of thiol groups is 1. The maximum Gasteiger partial charge on any atom is 0.321 e. The minimum Gasteiger partial charge on any atom is -0.480 e. The molecule has 0 aliphatic rings. The van der Waals surface area contributed by atoms with E-state index < -0.39 is 12.0 Å². The average molecular weight is 135 g/mol. The molecule has 0 aliphatic carbocycles. The zero-order chi connectivity index (χ0) is 6.73. The van der Waals surface area contributed by atoms with Crippen LogP contribution in [-0.4, -0.2) is 28.5 Å². The van der Waals surface area contributed by atoms with E-state index in [1.54, 1.807) is 14.0 Å². The van der Waals surface area contributed by atoms with Crippen LogP contribution in [0.3, 0.4) is 0 Å². The maximum atomic E-state index is 10.1. The quantitative estimate of drug-likeness (QED) is 0.533. The Morgan fingerprint density at radius 2 is 2.25 bits per heavy atom. The lowest BCUT2D eigenvalue weighted by atomic mass is 10.4. The molecule has 0 aromatic rings. The zero-order valence-electron chi connectivity index (χ0n) is 4.83. The predicted molar refractivity (Wildman–Crippen MR) is 33.8 cm³/mol. The van der Waals surface area contributed by atoms with E-state index >= 15 is 0 Å². The van der Waals surface area contributed by atoms with Gasteiger partial charge in [0.2, 0.25) is 0 Å². The highest BCUT2D eigenvalue weighted by atomic mass is 32.1. The molecule has 0 aliphatic heterocycles. The minimum atomic E-state index is -0.859. The van der Waals surface area contributed by atoms with Gasteiger partial charge < -0.3 is 5.11 Å². The number of carbonyl (C=O) groups is 1. The van der Waals surface area contributed by atoms with Crippen LogP contribution in [0.2, 0.25) is 0 Å². The molecule has 0 radical (unpaired) electrons. The summed E-state index contributed by atoms with van der Waals surface area (Å²) in [7, 11) is 1.60. The first-order valence-corrected chi connectivity index (χ1v) is 2.60. The van der Waals surface area contributed by atoms with Gasteiger partial charge in [0.25, 0.3) is 0 Å². The van der Waals surface area contributed by atoms with Crippen LogP contribution in [0.4, 0.5) is 0 Å². The van der Waals surface area contributed by atoms with Crippen molar-refractivity contribution in [1.82, 2.24) is 4.31 Å². The van der Waals surface area contributed by atoms with Crippen LogP contribution in [-0.2, 0) is 4.79 Å². The van der Waals surface area contributed by atoms with Crippen molar-refractivity contribution < 1.29 is 9.90 Å². The normalized spacial score (nSPS) is 14.0. The smallest absolute Gasteiger partial charge is 0.321 e. The molecule has 4 heteroatoms. The first kappa shape index (κ1) is 7.78. The van der Waals surface area contributed by atoms with Crippen molar-refractivity contribution in [2.75, 3.05) is 7.05 Å². The van der Waals surface area contributed by atoms with E-state index in [-0.39, 0.29) is 0 Å². The Labute approximate surface area is 53.8 Å². The molecule has 0 aromatic heterocycles. The van der Waals surface area contributed by atoms with Gasteiger partial charge in [0.15, 0.2) is 0 Å². The third-order valence-corrected chi connectivity index (χ3v) is 1.26. The van der Waals surface area contributed by atoms with Gasteiger partial charge >= 0.3 is 5.97 Å². The van der Waals surface area contributed by atoms with Crippen molar-refractivity contribution in [2.24, 2.45) is 0 Å². The van der Waals surface area contributed by atoms with Crippen molar-refractivity contribution in [1.29, 1.82) is 0 Å². The second kappa shape index (κ2) is 2.94. The Morgan fingerprint density at radius 1 is 1.88 bits per heavy atom. The summed E-state index contributed by atoms with van der Waals surface area (Å²) >= 11 is 3.78. The van der Waals surface area contributed by atoms with Crippen LogP contribution in [0.15, 0.2) is 0 Å². The van der Waals surface area contributed by atoms with Gasteiger partial charge in [-0.1, -0.05) is 12.8 Å². The van der Waals surface area contributed by atoms with Crippen LogP contribution in [0.25, 0.3) is 0 Å². The summed E-state index contributed by atoms with van der Waals surface area (Å²) in [6.07, 6.45) is 0. The molecule has 8 heavy (non-hydrogen) atoms. The topological polar surface area (TPSA) is 40.5 Å². The molecule has 0 spiro atoms. The summed E-state index contributed by atoms with van der Waals surface area (Å²) in [5, 5.41) is 8.26. The summed E-state index contributed by atoms with van der Waals surface area (Å²) in [6.45, 7) is 1.56. The fourth-order valence-electron chi connectivity index (χ4n) is 0.160. The molecular formula is C4H9NO2S. The Bertz CT molecular complexity index is 94.0.